The summed E-state index contributed by atoms with van der Waals surface area (Å²) in [6, 6.07) is 4.09. The molecule has 0 fully saturated rings. The predicted molar refractivity (Wildman–Crippen MR) is 85.8 cm³/mol. The van der Waals surface area contributed by atoms with Gasteiger partial charge in [0.2, 0.25) is 0 Å². The van der Waals surface area contributed by atoms with Crippen molar-refractivity contribution < 1.29 is 17.9 Å². The molecule has 0 bridgehead atoms. The third-order valence-electron chi connectivity index (χ3n) is 2.32. The molecule has 0 saturated carbocycles. The Kier molecular flexibility index (Phi) is 6.79. The fraction of sp³-hybridized carbons (Fsp3) is 0.308. The van der Waals surface area contributed by atoms with Gasteiger partial charge in [0.15, 0.2) is 0 Å². The summed E-state index contributed by atoms with van der Waals surface area (Å²) in [4.78, 5) is 12.9. The first-order valence-corrected chi connectivity index (χ1v) is 13.0. The third kappa shape index (κ3) is 4.75. The Morgan fingerprint density at radius 2 is 1.95 bits per heavy atom. The van der Waals surface area contributed by atoms with Crippen LogP contribution < -0.4 is 0 Å². The van der Waals surface area contributed by atoms with Gasteiger partial charge in [0.25, 0.3) is 0 Å². The standard InChI is InChI=1S/C13H15AsCl2O4S/c1-4-20-13(17)12(8-14(2)3)21(18,19)11-7-9(15)5-6-10(11)16/h5-8H,4H2,1-3H3. The molecule has 21 heavy (non-hydrogen) atoms. The molecule has 8 heteroatoms. The van der Waals surface area contributed by atoms with Crippen LogP contribution in [0.3, 0.4) is 0 Å². The van der Waals surface area contributed by atoms with Gasteiger partial charge in [-0.3, -0.25) is 0 Å². The van der Waals surface area contributed by atoms with Crippen molar-refractivity contribution in [2.45, 2.75) is 23.2 Å². The summed E-state index contributed by atoms with van der Waals surface area (Å²) in [7, 11) is -4.06. The Morgan fingerprint density at radius 3 is 2.48 bits per heavy atom. The Bertz CT molecular complexity index is 669. The van der Waals surface area contributed by atoms with Gasteiger partial charge < -0.3 is 0 Å². The molecule has 1 aromatic rings. The zero-order valence-corrected chi connectivity index (χ0v) is 16.0. The van der Waals surface area contributed by atoms with Crippen LogP contribution in [-0.4, -0.2) is 35.6 Å². The SMILES string of the molecule is CCOC(=O)C(=C[As](C)C)S(=O)(=O)c1cc(Cl)ccc1Cl. The molecule has 0 unspecified atom stereocenters. The molecule has 0 aromatic heterocycles. The average Bonchev–Trinajstić information content (AvgIpc) is 2.38. The number of ether oxygens (including phenoxy) is 1. The monoisotopic (exact) mass is 412 g/mol. The molecule has 0 amide bonds. The Hall–Kier alpha value is -0.482. The summed E-state index contributed by atoms with van der Waals surface area (Å²) in [5.74, 6) is -0.864. The number of carbonyl (C=O) groups excluding carboxylic acids is 1. The second-order valence-electron chi connectivity index (χ2n) is 4.26. The van der Waals surface area contributed by atoms with Gasteiger partial charge in [-0.2, -0.15) is 0 Å². The van der Waals surface area contributed by atoms with Crippen molar-refractivity contribution >= 4 is 53.7 Å². The number of carbonyl (C=O) groups is 1. The van der Waals surface area contributed by atoms with Crippen molar-refractivity contribution in [2.24, 2.45) is 0 Å². The van der Waals surface area contributed by atoms with Crippen molar-refractivity contribution in [3.63, 3.8) is 0 Å². The van der Waals surface area contributed by atoms with Crippen LogP contribution in [0, 0.1) is 0 Å². The van der Waals surface area contributed by atoms with E-state index in [9.17, 15) is 13.2 Å². The molecule has 0 aliphatic carbocycles. The van der Waals surface area contributed by atoms with E-state index in [0.717, 1.165) is 0 Å². The molecule has 0 saturated heterocycles. The normalized spacial score (nSPS) is 12.6. The minimum absolute atomic E-state index is 0.0147. The summed E-state index contributed by atoms with van der Waals surface area (Å²) in [5.41, 5.74) is 3.81. The van der Waals surface area contributed by atoms with Gasteiger partial charge in [-0.15, -0.1) is 0 Å². The van der Waals surface area contributed by atoms with Gasteiger partial charge in [0, 0.05) is 0 Å². The summed E-state index contributed by atoms with van der Waals surface area (Å²) < 4.78 is 30.2. The number of hydrogen-bond donors (Lipinski definition) is 0. The Morgan fingerprint density at radius 1 is 1.33 bits per heavy atom. The van der Waals surface area contributed by atoms with Crippen LogP contribution in [0.1, 0.15) is 6.92 Å². The molecule has 0 spiro atoms. The second-order valence-corrected chi connectivity index (χ2v) is 11.6. The van der Waals surface area contributed by atoms with E-state index in [-0.39, 0.29) is 26.5 Å². The van der Waals surface area contributed by atoms with Gasteiger partial charge in [-0.05, 0) is 0 Å². The molecule has 0 radical (unpaired) electrons. The molecule has 0 atom stereocenters. The predicted octanol–water partition coefficient (Wildman–Crippen LogP) is 3.51. The number of esters is 1. The third-order valence-corrected chi connectivity index (χ3v) is 6.79. The van der Waals surface area contributed by atoms with Crippen molar-refractivity contribution in [1.29, 1.82) is 0 Å². The van der Waals surface area contributed by atoms with E-state index in [1.807, 2.05) is 11.4 Å². The summed E-state index contributed by atoms with van der Waals surface area (Å²) in [5, 5.41) is 0.240. The molecular weight excluding hydrogens is 398 g/mol. The van der Waals surface area contributed by atoms with Gasteiger partial charge in [-0.1, -0.05) is 0 Å². The number of hydrogen-bond acceptors (Lipinski definition) is 4. The van der Waals surface area contributed by atoms with E-state index in [0.29, 0.717) is 0 Å². The number of sulfone groups is 1. The van der Waals surface area contributed by atoms with Crippen LogP contribution in [-0.2, 0) is 19.4 Å². The van der Waals surface area contributed by atoms with Crippen LogP contribution in [0.2, 0.25) is 21.5 Å². The Labute approximate surface area is 139 Å². The van der Waals surface area contributed by atoms with E-state index < -0.39 is 30.5 Å². The summed E-state index contributed by atoms with van der Waals surface area (Å²) in [6.45, 7) is 1.71. The molecule has 1 rings (SSSR count). The average molecular weight is 413 g/mol. The molecule has 1 aromatic carbocycles. The number of rotatable bonds is 5. The number of halogens is 2. The summed E-state index contributed by atoms with van der Waals surface area (Å²) >= 11 is 10.2. The van der Waals surface area contributed by atoms with Crippen LogP contribution in [0.5, 0.6) is 0 Å². The van der Waals surface area contributed by atoms with Crippen molar-refractivity contribution in [1.82, 2.24) is 0 Å². The van der Waals surface area contributed by atoms with Crippen molar-refractivity contribution in [3.8, 4) is 0 Å². The van der Waals surface area contributed by atoms with E-state index in [1.54, 1.807) is 6.92 Å². The second kappa shape index (κ2) is 7.68. The maximum atomic E-state index is 12.7. The van der Waals surface area contributed by atoms with Gasteiger partial charge in [-0.25, -0.2) is 0 Å². The molecule has 116 valence electrons. The van der Waals surface area contributed by atoms with Crippen LogP contribution in [0.4, 0.5) is 0 Å². The zero-order chi connectivity index (χ0) is 16.2. The first-order chi connectivity index (χ1) is 9.70. The molecule has 0 heterocycles. The molecule has 0 aliphatic heterocycles. The van der Waals surface area contributed by atoms with Crippen molar-refractivity contribution in [2.75, 3.05) is 6.61 Å². The quantitative estimate of drug-likeness (QED) is 0.421. The van der Waals surface area contributed by atoms with Crippen LogP contribution in [0.15, 0.2) is 32.9 Å². The topological polar surface area (TPSA) is 60.4 Å². The first-order valence-electron chi connectivity index (χ1n) is 5.95. The van der Waals surface area contributed by atoms with Gasteiger partial charge in [0.05, 0.1) is 0 Å². The van der Waals surface area contributed by atoms with E-state index in [1.165, 1.54) is 23.1 Å². The molecular formula is C13H15AsCl2O4S. The fourth-order valence-corrected chi connectivity index (χ4v) is 6.56. The fourth-order valence-electron chi connectivity index (χ4n) is 1.47. The van der Waals surface area contributed by atoms with Gasteiger partial charge >= 0.3 is 139 Å². The molecule has 0 N–H and O–H groups in total. The van der Waals surface area contributed by atoms with E-state index >= 15 is 0 Å². The zero-order valence-electron chi connectivity index (χ0n) is 11.8. The van der Waals surface area contributed by atoms with E-state index in [4.69, 9.17) is 27.9 Å². The summed E-state index contributed by atoms with van der Waals surface area (Å²) in [6.07, 6.45) is 0. The van der Waals surface area contributed by atoms with Gasteiger partial charge in [0.1, 0.15) is 0 Å². The minimum atomic E-state index is -4.06. The maximum absolute atomic E-state index is 12.7. The van der Waals surface area contributed by atoms with Crippen molar-refractivity contribution in [3.05, 3.63) is 38.0 Å². The van der Waals surface area contributed by atoms with Crippen LogP contribution in [0.25, 0.3) is 0 Å². The number of benzene rings is 1. The first kappa shape index (κ1) is 18.6. The van der Waals surface area contributed by atoms with Crippen LogP contribution >= 0.6 is 23.2 Å². The molecule has 0 aliphatic rings. The molecule has 4 nitrogen and oxygen atoms in total. The Balaban J connectivity index is 3.48. The van der Waals surface area contributed by atoms with E-state index in [2.05, 4.69) is 0 Å².